The lowest BCUT2D eigenvalue weighted by Gasteiger charge is -2.09. The maximum atomic E-state index is 12.1. The topological polar surface area (TPSA) is 75.6 Å². The number of benzene rings is 2. The second-order valence-corrected chi connectivity index (χ2v) is 4.39. The summed E-state index contributed by atoms with van der Waals surface area (Å²) >= 11 is 0. The van der Waals surface area contributed by atoms with Crippen LogP contribution >= 0.6 is 0 Å². The molecule has 0 aliphatic carbocycles. The van der Waals surface area contributed by atoms with Crippen molar-refractivity contribution in [2.75, 3.05) is 7.11 Å². The minimum atomic E-state index is -0.973. The average Bonchev–Trinajstić information content (AvgIpc) is 2.52. The van der Waals surface area contributed by atoms with Crippen molar-refractivity contribution >= 4 is 11.9 Å². The van der Waals surface area contributed by atoms with Crippen molar-refractivity contribution in [3.63, 3.8) is 0 Å². The molecular weight excluding hydrogens is 270 g/mol. The monoisotopic (exact) mass is 285 g/mol. The summed E-state index contributed by atoms with van der Waals surface area (Å²) in [6.07, 6.45) is 0. The van der Waals surface area contributed by atoms with Crippen LogP contribution in [0.3, 0.4) is 0 Å². The van der Waals surface area contributed by atoms with E-state index < -0.39 is 5.97 Å². The third kappa shape index (κ3) is 3.60. The van der Waals surface area contributed by atoms with Crippen LogP contribution in [0, 0.1) is 0 Å². The normalized spacial score (nSPS) is 9.95. The zero-order chi connectivity index (χ0) is 15.2. The summed E-state index contributed by atoms with van der Waals surface area (Å²) in [5.74, 6) is -0.703. The fourth-order valence-electron chi connectivity index (χ4n) is 1.87. The number of hydrogen-bond acceptors (Lipinski definition) is 3. The van der Waals surface area contributed by atoms with Crippen molar-refractivity contribution in [3.8, 4) is 5.75 Å². The Balaban J connectivity index is 2.02. The lowest BCUT2D eigenvalue weighted by molar-refractivity contribution is 0.0696. The molecule has 0 aliphatic rings. The molecule has 2 aromatic rings. The van der Waals surface area contributed by atoms with Crippen LogP contribution in [0.15, 0.2) is 48.5 Å². The first-order valence-corrected chi connectivity index (χ1v) is 6.35. The summed E-state index contributed by atoms with van der Waals surface area (Å²) in [5, 5.41) is 11.6. The molecule has 2 rings (SSSR count). The molecule has 21 heavy (non-hydrogen) atoms. The van der Waals surface area contributed by atoms with Crippen molar-refractivity contribution in [3.05, 3.63) is 65.2 Å². The molecule has 5 nitrogen and oxygen atoms in total. The molecule has 0 aliphatic heterocycles. The van der Waals surface area contributed by atoms with Crippen molar-refractivity contribution < 1.29 is 19.4 Å². The van der Waals surface area contributed by atoms with Crippen LogP contribution in [0.1, 0.15) is 26.3 Å². The van der Waals surface area contributed by atoms with E-state index in [9.17, 15) is 9.59 Å². The summed E-state index contributed by atoms with van der Waals surface area (Å²) in [6.45, 7) is 0.316. The van der Waals surface area contributed by atoms with Crippen LogP contribution in [0.25, 0.3) is 0 Å². The number of carboxylic acids is 1. The lowest BCUT2D eigenvalue weighted by Crippen LogP contribution is -2.23. The molecule has 0 heterocycles. The molecule has 0 spiro atoms. The third-order valence-electron chi connectivity index (χ3n) is 3.01. The molecule has 0 saturated carbocycles. The summed E-state index contributed by atoms with van der Waals surface area (Å²) in [7, 11) is 1.51. The van der Waals surface area contributed by atoms with Gasteiger partial charge in [0.1, 0.15) is 5.75 Å². The number of para-hydroxylation sites is 1. The first kappa shape index (κ1) is 14.6. The Morgan fingerprint density at radius 2 is 1.76 bits per heavy atom. The standard InChI is InChI=1S/C16H15NO4/c1-21-14-5-3-2-4-13(14)15(18)17-10-11-6-8-12(9-7-11)16(19)20/h2-9H,10H2,1H3,(H,17,18)(H,19,20). The SMILES string of the molecule is COc1ccccc1C(=O)NCc1ccc(C(=O)O)cc1. The first-order chi connectivity index (χ1) is 10.1. The molecule has 0 unspecified atom stereocenters. The summed E-state index contributed by atoms with van der Waals surface area (Å²) in [6, 6.07) is 13.3. The van der Waals surface area contributed by atoms with E-state index in [2.05, 4.69) is 5.32 Å². The number of methoxy groups -OCH3 is 1. The Kier molecular flexibility index (Phi) is 4.56. The maximum absolute atomic E-state index is 12.1. The minimum absolute atomic E-state index is 0.217. The van der Waals surface area contributed by atoms with Crippen LogP contribution in [-0.2, 0) is 6.54 Å². The second-order valence-electron chi connectivity index (χ2n) is 4.39. The number of amides is 1. The van der Waals surface area contributed by atoms with Gasteiger partial charge in [0.2, 0.25) is 0 Å². The van der Waals surface area contributed by atoms with E-state index in [-0.39, 0.29) is 11.5 Å². The van der Waals surface area contributed by atoms with E-state index in [4.69, 9.17) is 9.84 Å². The number of carbonyl (C=O) groups excluding carboxylic acids is 1. The van der Waals surface area contributed by atoms with Gasteiger partial charge >= 0.3 is 5.97 Å². The number of ether oxygens (including phenoxy) is 1. The highest BCUT2D eigenvalue weighted by molar-refractivity contribution is 5.96. The largest absolute Gasteiger partial charge is 0.496 e. The zero-order valence-corrected chi connectivity index (χ0v) is 11.5. The van der Waals surface area contributed by atoms with Crippen LogP contribution in [0.2, 0.25) is 0 Å². The average molecular weight is 285 g/mol. The number of carbonyl (C=O) groups is 2. The van der Waals surface area contributed by atoms with E-state index in [0.29, 0.717) is 17.9 Å². The summed E-state index contributed by atoms with van der Waals surface area (Å²) in [4.78, 5) is 22.8. The minimum Gasteiger partial charge on any atom is -0.496 e. The van der Waals surface area contributed by atoms with Gasteiger partial charge in [-0.15, -0.1) is 0 Å². The van der Waals surface area contributed by atoms with E-state index in [1.165, 1.54) is 19.2 Å². The lowest BCUT2D eigenvalue weighted by atomic mass is 10.1. The molecule has 0 aromatic heterocycles. The smallest absolute Gasteiger partial charge is 0.335 e. The first-order valence-electron chi connectivity index (χ1n) is 6.35. The predicted octanol–water partition coefficient (Wildman–Crippen LogP) is 2.32. The highest BCUT2D eigenvalue weighted by Gasteiger charge is 2.11. The molecule has 0 radical (unpaired) electrons. The molecule has 2 N–H and O–H groups in total. The van der Waals surface area contributed by atoms with Gasteiger partial charge in [0.15, 0.2) is 0 Å². The fraction of sp³-hybridized carbons (Fsp3) is 0.125. The Morgan fingerprint density at radius 3 is 2.38 bits per heavy atom. The van der Waals surface area contributed by atoms with Gasteiger partial charge in [0.05, 0.1) is 18.2 Å². The van der Waals surface area contributed by atoms with Crippen LogP contribution in [0.4, 0.5) is 0 Å². The van der Waals surface area contributed by atoms with Crippen molar-refractivity contribution in [1.29, 1.82) is 0 Å². The zero-order valence-electron chi connectivity index (χ0n) is 11.5. The predicted molar refractivity (Wildman–Crippen MR) is 77.6 cm³/mol. The number of aromatic carboxylic acids is 1. The maximum Gasteiger partial charge on any atom is 0.335 e. The van der Waals surface area contributed by atoms with Crippen LogP contribution < -0.4 is 10.1 Å². The van der Waals surface area contributed by atoms with Gasteiger partial charge in [-0.1, -0.05) is 24.3 Å². The van der Waals surface area contributed by atoms with E-state index >= 15 is 0 Å². The van der Waals surface area contributed by atoms with Crippen LogP contribution in [-0.4, -0.2) is 24.1 Å². The molecule has 0 saturated heterocycles. The Hall–Kier alpha value is -2.82. The van der Waals surface area contributed by atoms with Gasteiger partial charge in [-0.25, -0.2) is 4.79 Å². The van der Waals surface area contributed by atoms with Gasteiger partial charge in [0.25, 0.3) is 5.91 Å². The van der Waals surface area contributed by atoms with Gasteiger partial charge in [-0.05, 0) is 29.8 Å². The highest BCUT2D eigenvalue weighted by atomic mass is 16.5. The van der Waals surface area contributed by atoms with Gasteiger partial charge in [-0.3, -0.25) is 4.79 Å². The van der Waals surface area contributed by atoms with E-state index in [1.54, 1.807) is 36.4 Å². The third-order valence-corrected chi connectivity index (χ3v) is 3.01. The fourth-order valence-corrected chi connectivity index (χ4v) is 1.87. The quantitative estimate of drug-likeness (QED) is 0.884. The molecule has 108 valence electrons. The molecule has 0 atom stereocenters. The van der Waals surface area contributed by atoms with Gasteiger partial charge in [-0.2, -0.15) is 0 Å². The molecule has 2 aromatic carbocycles. The van der Waals surface area contributed by atoms with E-state index in [0.717, 1.165) is 5.56 Å². The molecule has 1 amide bonds. The number of carboxylic acid groups (broad SMARTS) is 1. The molecule has 0 fully saturated rings. The number of nitrogens with one attached hydrogen (secondary N) is 1. The number of rotatable bonds is 5. The molecular formula is C16H15NO4. The highest BCUT2D eigenvalue weighted by Crippen LogP contribution is 2.17. The van der Waals surface area contributed by atoms with Crippen molar-refractivity contribution in [1.82, 2.24) is 5.32 Å². The molecule has 5 heteroatoms. The van der Waals surface area contributed by atoms with Gasteiger partial charge in [0, 0.05) is 6.54 Å². The Labute approximate surface area is 122 Å². The molecule has 0 bridgehead atoms. The Bertz CT molecular complexity index is 650. The van der Waals surface area contributed by atoms with Crippen molar-refractivity contribution in [2.24, 2.45) is 0 Å². The summed E-state index contributed by atoms with van der Waals surface area (Å²) in [5.41, 5.74) is 1.50. The van der Waals surface area contributed by atoms with Crippen LogP contribution in [0.5, 0.6) is 5.75 Å². The van der Waals surface area contributed by atoms with E-state index in [1.807, 2.05) is 0 Å². The van der Waals surface area contributed by atoms with Crippen molar-refractivity contribution in [2.45, 2.75) is 6.54 Å². The van der Waals surface area contributed by atoms with Gasteiger partial charge < -0.3 is 15.2 Å². The second kappa shape index (κ2) is 6.56. The Morgan fingerprint density at radius 1 is 1.10 bits per heavy atom. The number of hydrogen-bond donors (Lipinski definition) is 2. The summed E-state index contributed by atoms with van der Waals surface area (Å²) < 4.78 is 5.13.